The van der Waals surface area contributed by atoms with Crippen molar-refractivity contribution in [1.82, 2.24) is 9.62 Å². The Labute approximate surface area is 156 Å². The summed E-state index contributed by atoms with van der Waals surface area (Å²) in [6, 6.07) is 4.11. The van der Waals surface area contributed by atoms with E-state index in [1.807, 2.05) is 13.8 Å². The highest BCUT2D eigenvalue weighted by atomic mass is 79.9. The molecule has 1 rings (SSSR count). The van der Waals surface area contributed by atoms with Gasteiger partial charge in [-0.1, -0.05) is 0 Å². The smallest absolute Gasteiger partial charge is 0.338 e. The predicted molar refractivity (Wildman–Crippen MR) is 97.8 cm³/mol. The molecule has 0 aliphatic carbocycles. The van der Waals surface area contributed by atoms with Crippen LogP contribution in [0.3, 0.4) is 0 Å². The SMILES string of the molecule is CCOC(=O)c1ccc(S(=O)(=O)NCCC(=O)N(CC)CC)c(Br)c1. The van der Waals surface area contributed by atoms with Gasteiger partial charge in [-0.25, -0.2) is 17.9 Å². The summed E-state index contributed by atoms with van der Waals surface area (Å²) in [4.78, 5) is 25.2. The van der Waals surface area contributed by atoms with E-state index in [4.69, 9.17) is 4.74 Å². The molecule has 0 spiro atoms. The monoisotopic (exact) mass is 434 g/mol. The van der Waals surface area contributed by atoms with Crippen LogP contribution in [0.2, 0.25) is 0 Å². The van der Waals surface area contributed by atoms with Crippen LogP contribution in [0.5, 0.6) is 0 Å². The Morgan fingerprint density at radius 1 is 1.20 bits per heavy atom. The van der Waals surface area contributed by atoms with Crippen molar-refractivity contribution in [2.24, 2.45) is 0 Å². The first-order chi connectivity index (χ1) is 11.8. The van der Waals surface area contributed by atoms with Gasteiger partial charge in [0.2, 0.25) is 15.9 Å². The Bertz CT molecular complexity index is 717. The Kier molecular flexibility index (Phi) is 8.54. The third-order valence-electron chi connectivity index (χ3n) is 3.48. The van der Waals surface area contributed by atoms with Crippen LogP contribution in [-0.4, -0.2) is 51.4 Å². The molecule has 0 aliphatic heterocycles. The summed E-state index contributed by atoms with van der Waals surface area (Å²) in [7, 11) is -3.80. The van der Waals surface area contributed by atoms with Crippen LogP contribution < -0.4 is 4.72 Å². The summed E-state index contributed by atoms with van der Waals surface area (Å²) in [5, 5.41) is 0. The van der Waals surface area contributed by atoms with Crippen molar-refractivity contribution in [3.8, 4) is 0 Å². The Morgan fingerprint density at radius 3 is 2.36 bits per heavy atom. The van der Waals surface area contributed by atoms with Crippen LogP contribution in [0.1, 0.15) is 37.6 Å². The lowest BCUT2D eigenvalue weighted by Gasteiger charge is -2.18. The van der Waals surface area contributed by atoms with Crippen molar-refractivity contribution in [3.05, 3.63) is 28.2 Å². The molecular formula is C16H23BrN2O5S. The van der Waals surface area contributed by atoms with Crippen LogP contribution in [0.25, 0.3) is 0 Å². The third kappa shape index (κ3) is 6.09. The molecule has 0 fully saturated rings. The van der Waals surface area contributed by atoms with Gasteiger partial charge < -0.3 is 9.64 Å². The van der Waals surface area contributed by atoms with Crippen molar-refractivity contribution in [1.29, 1.82) is 0 Å². The predicted octanol–water partition coefficient (Wildman–Crippen LogP) is 2.16. The molecule has 1 aromatic carbocycles. The molecule has 1 aromatic rings. The highest BCUT2D eigenvalue weighted by Gasteiger charge is 2.20. The highest BCUT2D eigenvalue weighted by molar-refractivity contribution is 9.10. The van der Waals surface area contributed by atoms with Crippen LogP contribution >= 0.6 is 15.9 Å². The molecule has 1 amide bonds. The van der Waals surface area contributed by atoms with Gasteiger partial charge in [-0.3, -0.25) is 4.79 Å². The van der Waals surface area contributed by atoms with E-state index in [1.165, 1.54) is 18.2 Å². The largest absolute Gasteiger partial charge is 0.462 e. The quantitative estimate of drug-likeness (QED) is 0.601. The number of carbonyl (C=O) groups excluding carboxylic acids is 2. The molecule has 0 aliphatic rings. The molecule has 0 bridgehead atoms. The Balaban J connectivity index is 2.79. The van der Waals surface area contributed by atoms with Crippen molar-refractivity contribution in [2.45, 2.75) is 32.1 Å². The standard InChI is InChI=1S/C16H23BrN2O5S/c1-4-19(5-2)15(20)9-10-18-25(22,23)14-8-7-12(11-13(14)17)16(21)24-6-3/h7-8,11,18H,4-6,9-10H2,1-3H3. The molecule has 0 aromatic heterocycles. The van der Waals surface area contributed by atoms with E-state index >= 15 is 0 Å². The fourth-order valence-corrected chi connectivity index (χ4v) is 4.27. The van der Waals surface area contributed by atoms with Gasteiger partial charge in [0.05, 0.1) is 17.1 Å². The maximum Gasteiger partial charge on any atom is 0.338 e. The summed E-state index contributed by atoms with van der Waals surface area (Å²) in [6.07, 6.45) is 0.0828. The van der Waals surface area contributed by atoms with Crippen LogP contribution in [0.15, 0.2) is 27.6 Å². The molecule has 0 saturated carbocycles. The van der Waals surface area contributed by atoms with Gasteiger partial charge in [-0.15, -0.1) is 0 Å². The molecular weight excluding hydrogens is 412 g/mol. The van der Waals surface area contributed by atoms with Crippen molar-refractivity contribution in [2.75, 3.05) is 26.2 Å². The van der Waals surface area contributed by atoms with Gasteiger partial charge in [0.25, 0.3) is 0 Å². The first-order valence-electron chi connectivity index (χ1n) is 8.00. The molecule has 1 N–H and O–H groups in total. The highest BCUT2D eigenvalue weighted by Crippen LogP contribution is 2.23. The van der Waals surface area contributed by atoms with Gasteiger partial charge in [0, 0.05) is 30.5 Å². The maximum atomic E-state index is 12.4. The number of carbonyl (C=O) groups is 2. The summed E-state index contributed by atoms with van der Waals surface area (Å²) < 4.78 is 32.3. The van der Waals surface area contributed by atoms with Crippen molar-refractivity contribution >= 4 is 37.8 Å². The number of ether oxygens (including phenoxy) is 1. The topological polar surface area (TPSA) is 92.8 Å². The van der Waals surface area contributed by atoms with E-state index in [0.717, 1.165) is 0 Å². The first-order valence-corrected chi connectivity index (χ1v) is 10.3. The molecule has 25 heavy (non-hydrogen) atoms. The number of sulfonamides is 1. The zero-order valence-corrected chi connectivity index (χ0v) is 16.9. The lowest BCUT2D eigenvalue weighted by Crippen LogP contribution is -2.34. The number of hydrogen-bond acceptors (Lipinski definition) is 5. The fraction of sp³-hybridized carbons (Fsp3) is 0.500. The lowest BCUT2D eigenvalue weighted by molar-refractivity contribution is -0.130. The average Bonchev–Trinajstić information content (AvgIpc) is 2.55. The molecule has 0 radical (unpaired) electrons. The van der Waals surface area contributed by atoms with Crippen molar-refractivity contribution in [3.63, 3.8) is 0 Å². The minimum atomic E-state index is -3.80. The minimum Gasteiger partial charge on any atom is -0.462 e. The number of rotatable bonds is 9. The normalized spacial score (nSPS) is 11.2. The van der Waals surface area contributed by atoms with Gasteiger partial charge in [-0.2, -0.15) is 0 Å². The van der Waals surface area contributed by atoms with Crippen LogP contribution in [0, 0.1) is 0 Å². The van der Waals surface area contributed by atoms with Crippen LogP contribution in [0.4, 0.5) is 0 Å². The van der Waals surface area contributed by atoms with E-state index in [2.05, 4.69) is 20.7 Å². The second-order valence-electron chi connectivity index (χ2n) is 5.08. The molecule has 0 heterocycles. The van der Waals surface area contributed by atoms with E-state index in [0.29, 0.717) is 13.1 Å². The summed E-state index contributed by atoms with van der Waals surface area (Å²) in [6.45, 7) is 6.84. The Hall–Kier alpha value is -1.45. The second kappa shape index (κ2) is 9.88. The minimum absolute atomic E-state index is 0.00370. The van der Waals surface area contributed by atoms with E-state index in [1.54, 1.807) is 11.8 Å². The number of hydrogen-bond donors (Lipinski definition) is 1. The molecule has 140 valence electrons. The molecule has 0 saturated heterocycles. The zero-order chi connectivity index (χ0) is 19.0. The fourth-order valence-electron chi connectivity index (χ4n) is 2.16. The second-order valence-corrected chi connectivity index (χ2v) is 7.67. The summed E-state index contributed by atoms with van der Waals surface area (Å²) in [5.41, 5.74) is 0.254. The average molecular weight is 435 g/mol. The molecule has 7 nitrogen and oxygen atoms in total. The lowest BCUT2D eigenvalue weighted by atomic mass is 10.2. The Morgan fingerprint density at radius 2 is 1.84 bits per heavy atom. The van der Waals surface area contributed by atoms with Crippen molar-refractivity contribution < 1.29 is 22.7 Å². The summed E-state index contributed by atoms with van der Waals surface area (Å²) >= 11 is 3.17. The molecule has 0 unspecified atom stereocenters. The number of nitrogens with zero attached hydrogens (tertiary/aromatic N) is 1. The number of benzene rings is 1. The summed E-state index contributed by atoms with van der Waals surface area (Å²) in [5.74, 6) is -0.630. The van der Waals surface area contributed by atoms with E-state index in [-0.39, 0.29) is 40.4 Å². The van der Waals surface area contributed by atoms with Crippen LogP contribution in [-0.2, 0) is 19.6 Å². The van der Waals surface area contributed by atoms with Gasteiger partial charge in [0.1, 0.15) is 0 Å². The van der Waals surface area contributed by atoms with E-state index in [9.17, 15) is 18.0 Å². The van der Waals surface area contributed by atoms with Gasteiger partial charge in [-0.05, 0) is 54.9 Å². The number of halogens is 1. The maximum absolute atomic E-state index is 12.4. The third-order valence-corrected chi connectivity index (χ3v) is 5.92. The van der Waals surface area contributed by atoms with Gasteiger partial charge >= 0.3 is 5.97 Å². The van der Waals surface area contributed by atoms with Gasteiger partial charge in [0.15, 0.2) is 0 Å². The number of esters is 1. The number of amides is 1. The molecule has 0 atom stereocenters. The van der Waals surface area contributed by atoms with E-state index < -0.39 is 16.0 Å². The zero-order valence-electron chi connectivity index (χ0n) is 14.5. The molecule has 9 heteroatoms. The number of nitrogens with one attached hydrogen (secondary N) is 1. The first kappa shape index (κ1) is 21.6.